The number of nitrogens with one attached hydrogen (secondary N) is 1. The maximum Gasteiger partial charge on any atom is 0.413 e. The Morgan fingerprint density at radius 3 is 2.05 bits per heavy atom. The summed E-state index contributed by atoms with van der Waals surface area (Å²) in [5.74, 6) is 0.921. The first-order valence-electron chi connectivity index (χ1n) is 7.27. The molecule has 0 heterocycles. The fourth-order valence-corrected chi connectivity index (χ4v) is 2.26. The van der Waals surface area contributed by atoms with Crippen LogP contribution in [0.3, 0.4) is 0 Å². The summed E-state index contributed by atoms with van der Waals surface area (Å²) in [4.78, 5) is 23.3. The highest BCUT2D eigenvalue weighted by molar-refractivity contribution is 5.93. The minimum atomic E-state index is -0.647. The minimum absolute atomic E-state index is 0.178. The van der Waals surface area contributed by atoms with Crippen molar-refractivity contribution in [2.45, 2.75) is 54.4 Å². The van der Waals surface area contributed by atoms with Gasteiger partial charge in [-0.2, -0.15) is 0 Å². The monoisotopic (exact) mass is 271 g/mol. The molecular formula is C15H29NO3. The Hall–Kier alpha value is -1.06. The normalized spacial score (nSPS) is 14.3. The lowest BCUT2D eigenvalue weighted by molar-refractivity contribution is -0.126. The van der Waals surface area contributed by atoms with Gasteiger partial charge in [0.1, 0.15) is 0 Å². The molecule has 0 radical (unpaired) electrons. The molecule has 1 N–H and O–H groups in total. The molecule has 4 nitrogen and oxygen atoms in total. The topological polar surface area (TPSA) is 55.4 Å². The Morgan fingerprint density at radius 2 is 1.63 bits per heavy atom. The van der Waals surface area contributed by atoms with E-state index >= 15 is 0 Å². The molecular weight excluding hydrogens is 242 g/mol. The molecule has 0 aliphatic rings. The summed E-state index contributed by atoms with van der Waals surface area (Å²) in [6.45, 7) is 12.5. The van der Waals surface area contributed by atoms with E-state index in [0.717, 1.165) is 12.8 Å². The number of carbonyl (C=O) groups excluding carboxylic acids is 2. The zero-order valence-corrected chi connectivity index (χ0v) is 13.2. The van der Waals surface area contributed by atoms with Crippen molar-refractivity contribution in [2.24, 2.45) is 23.7 Å². The standard InChI is InChI=1S/C15H29NO3/c1-7-19-15(18)16-14(17)12(6)13(11(4)5)9-8-10(2)3/h10-13H,7-9H2,1-6H3,(H,16,17,18). The van der Waals surface area contributed by atoms with E-state index in [0.29, 0.717) is 11.8 Å². The van der Waals surface area contributed by atoms with Crippen molar-refractivity contribution in [3.05, 3.63) is 0 Å². The number of rotatable bonds is 7. The van der Waals surface area contributed by atoms with Crippen LogP contribution in [-0.4, -0.2) is 18.6 Å². The van der Waals surface area contributed by atoms with Gasteiger partial charge in [0.05, 0.1) is 6.61 Å². The van der Waals surface area contributed by atoms with Crippen molar-refractivity contribution in [1.82, 2.24) is 5.32 Å². The SMILES string of the molecule is CCOC(=O)NC(=O)C(C)C(CCC(C)C)C(C)C. The van der Waals surface area contributed by atoms with E-state index < -0.39 is 6.09 Å². The van der Waals surface area contributed by atoms with E-state index in [1.807, 2.05) is 6.92 Å². The van der Waals surface area contributed by atoms with Gasteiger partial charge >= 0.3 is 6.09 Å². The Labute approximate surface area is 117 Å². The average molecular weight is 271 g/mol. The van der Waals surface area contributed by atoms with Crippen molar-refractivity contribution in [2.75, 3.05) is 6.61 Å². The molecule has 4 heteroatoms. The molecule has 0 rings (SSSR count). The fraction of sp³-hybridized carbons (Fsp3) is 0.867. The molecule has 0 bridgehead atoms. The van der Waals surface area contributed by atoms with Gasteiger partial charge in [0.25, 0.3) is 0 Å². The summed E-state index contributed by atoms with van der Waals surface area (Å²) in [7, 11) is 0. The van der Waals surface area contributed by atoms with E-state index in [9.17, 15) is 9.59 Å². The van der Waals surface area contributed by atoms with Crippen LogP contribution in [0.2, 0.25) is 0 Å². The molecule has 112 valence electrons. The lowest BCUT2D eigenvalue weighted by atomic mass is 9.79. The lowest BCUT2D eigenvalue weighted by Gasteiger charge is -2.27. The average Bonchev–Trinajstić information content (AvgIpc) is 2.28. The summed E-state index contributed by atoms with van der Waals surface area (Å²) in [6, 6.07) is 0. The van der Waals surface area contributed by atoms with Crippen LogP contribution >= 0.6 is 0 Å². The van der Waals surface area contributed by atoms with Gasteiger partial charge in [-0.3, -0.25) is 10.1 Å². The molecule has 0 saturated heterocycles. The van der Waals surface area contributed by atoms with Crippen LogP contribution in [0.25, 0.3) is 0 Å². The Kier molecular flexibility index (Phi) is 8.44. The number of hydrogen-bond acceptors (Lipinski definition) is 3. The first-order valence-corrected chi connectivity index (χ1v) is 7.27. The molecule has 2 unspecified atom stereocenters. The number of hydrogen-bond donors (Lipinski definition) is 1. The van der Waals surface area contributed by atoms with Crippen LogP contribution in [0.4, 0.5) is 4.79 Å². The van der Waals surface area contributed by atoms with Crippen LogP contribution in [0, 0.1) is 23.7 Å². The maximum absolute atomic E-state index is 12.0. The third-order valence-corrected chi connectivity index (χ3v) is 3.49. The van der Waals surface area contributed by atoms with Gasteiger partial charge < -0.3 is 4.74 Å². The summed E-state index contributed by atoms with van der Waals surface area (Å²) < 4.78 is 4.73. The molecule has 0 aliphatic carbocycles. The predicted octanol–water partition coefficient (Wildman–Crippen LogP) is 3.60. The Bertz CT molecular complexity index is 287. The number of ether oxygens (including phenoxy) is 1. The van der Waals surface area contributed by atoms with E-state index in [4.69, 9.17) is 4.74 Å². The smallest absolute Gasteiger partial charge is 0.413 e. The third-order valence-electron chi connectivity index (χ3n) is 3.49. The predicted molar refractivity (Wildman–Crippen MR) is 76.7 cm³/mol. The first kappa shape index (κ1) is 17.9. The van der Waals surface area contributed by atoms with E-state index in [1.165, 1.54) is 0 Å². The first-order chi connectivity index (χ1) is 8.79. The zero-order chi connectivity index (χ0) is 15.0. The van der Waals surface area contributed by atoms with Crippen molar-refractivity contribution < 1.29 is 14.3 Å². The minimum Gasteiger partial charge on any atom is -0.450 e. The highest BCUT2D eigenvalue weighted by Crippen LogP contribution is 2.27. The van der Waals surface area contributed by atoms with E-state index in [-0.39, 0.29) is 24.3 Å². The maximum atomic E-state index is 12.0. The van der Waals surface area contributed by atoms with Crippen molar-refractivity contribution >= 4 is 12.0 Å². The summed E-state index contributed by atoms with van der Waals surface area (Å²) in [5.41, 5.74) is 0. The van der Waals surface area contributed by atoms with E-state index in [1.54, 1.807) is 6.92 Å². The molecule has 19 heavy (non-hydrogen) atoms. The molecule has 2 amide bonds. The molecule has 2 atom stereocenters. The van der Waals surface area contributed by atoms with Gasteiger partial charge in [0.15, 0.2) is 0 Å². The molecule has 0 aromatic carbocycles. The van der Waals surface area contributed by atoms with Gasteiger partial charge in [0.2, 0.25) is 5.91 Å². The van der Waals surface area contributed by atoms with Crippen molar-refractivity contribution in [3.8, 4) is 0 Å². The Morgan fingerprint density at radius 1 is 1.05 bits per heavy atom. The Balaban J connectivity index is 4.48. The second-order valence-corrected chi connectivity index (χ2v) is 5.88. The van der Waals surface area contributed by atoms with Crippen molar-refractivity contribution in [1.29, 1.82) is 0 Å². The number of alkyl carbamates (subject to hydrolysis) is 1. The van der Waals surface area contributed by atoms with Crippen LogP contribution < -0.4 is 5.32 Å². The van der Waals surface area contributed by atoms with Crippen LogP contribution in [0.1, 0.15) is 54.4 Å². The van der Waals surface area contributed by atoms with Gasteiger partial charge in [-0.1, -0.05) is 41.0 Å². The largest absolute Gasteiger partial charge is 0.450 e. The van der Waals surface area contributed by atoms with Crippen molar-refractivity contribution in [3.63, 3.8) is 0 Å². The molecule has 0 aromatic heterocycles. The van der Waals surface area contributed by atoms with E-state index in [2.05, 4.69) is 33.0 Å². The van der Waals surface area contributed by atoms with Gasteiger partial charge in [-0.05, 0) is 31.1 Å². The van der Waals surface area contributed by atoms with Crippen LogP contribution in [0.15, 0.2) is 0 Å². The summed E-state index contributed by atoms with van der Waals surface area (Å²) >= 11 is 0. The van der Waals surface area contributed by atoms with Gasteiger partial charge in [0, 0.05) is 5.92 Å². The molecule has 0 spiro atoms. The molecule has 0 aliphatic heterocycles. The zero-order valence-electron chi connectivity index (χ0n) is 13.2. The number of carbonyl (C=O) groups is 2. The second-order valence-electron chi connectivity index (χ2n) is 5.88. The lowest BCUT2D eigenvalue weighted by Crippen LogP contribution is -2.39. The van der Waals surface area contributed by atoms with Gasteiger partial charge in [-0.15, -0.1) is 0 Å². The second kappa shape index (κ2) is 8.94. The summed E-state index contributed by atoms with van der Waals surface area (Å²) in [5, 5.41) is 2.30. The van der Waals surface area contributed by atoms with Crippen LogP contribution in [0.5, 0.6) is 0 Å². The third kappa shape index (κ3) is 7.19. The molecule has 0 saturated carbocycles. The quantitative estimate of drug-likeness (QED) is 0.769. The number of amides is 2. The molecule has 0 fully saturated rings. The van der Waals surface area contributed by atoms with Crippen LogP contribution in [-0.2, 0) is 9.53 Å². The molecule has 0 aromatic rings. The van der Waals surface area contributed by atoms with Gasteiger partial charge in [-0.25, -0.2) is 4.79 Å². The highest BCUT2D eigenvalue weighted by atomic mass is 16.5. The summed E-state index contributed by atoms with van der Waals surface area (Å²) in [6.07, 6.45) is 1.46. The highest BCUT2D eigenvalue weighted by Gasteiger charge is 2.27. The fourth-order valence-electron chi connectivity index (χ4n) is 2.26. The number of imide groups is 1.